The molecule has 0 amide bonds. The van der Waals surface area contributed by atoms with Crippen LogP contribution in [0.4, 0.5) is 0 Å². The maximum Gasteiger partial charge on any atom is 0.216 e. The minimum atomic E-state index is 1.12. The van der Waals surface area contributed by atoms with Gasteiger partial charge in [0.25, 0.3) is 0 Å². The Bertz CT molecular complexity index is 182. The fraction of sp³-hybridized carbons (Fsp3) is 1.00. The fourth-order valence-electron chi connectivity index (χ4n) is 3.78. The topological polar surface area (TPSA) is 0 Å². The normalized spacial score (nSPS) is 24.4. The van der Waals surface area contributed by atoms with E-state index in [4.69, 9.17) is 0 Å². The van der Waals surface area contributed by atoms with E-state index in [9.17, 15) is 0 Å². The molecule has 0 N–H and O–H groups in total. The fourth-order valence-corrected chi connectivity index (χ4v) is 4.60. The molecule has 0 radical (unpaired) electrons. The Balaban J connectivity index is 2.08. The SMILES string of the molecule is [AlH2][CH]1CCCCCCCCCCCCCCCCCCC1. The van der Waals surface area contributed by atoms with Crippen molar-refractivity contribution in [3.63, 3.8) is 0 Å². The van der Waals surface area contributed by atoms with Crippen molar-refractivity contribution >= 4 is 16.3 Å². The van der Waals surface area contributed by atoms with E-state index in [-0.39, 0.29) is 0 Å². The molecule has 0 aromatic heterocycles. The summed E-state index contributed by atoms with van der Waals surface area (Å²) in [6.07, 6.45) is 28.7. The van der Waals surface area contributed by atoms with Gasteiger partial charge in [0.1, 0.15) is 0 Å². The highest BCUT2D eigenvalue weighted by Crippen LogP contribution is 2.21. The van der Waals surface area contributed by atoms with Crippen LogP contribution in [-0.2, 0) is 0 Å². The van der Waals surface area contributed by atoms with E-state index in [0.717, 1.165) is 4.78 Å². The van der Waals surface area contributed by atoms with E-state index in [1.807, 2.05) is 0 Å². The number of hydrogen-bond donors (Lipinski definition) is 0. The van der Waals surface area contributed by atoms with Crippen LogP contribution < -0.4 is 0 Å². The average molecular weight is 309 g/mol. The standard InChI is InChI=1S/C20H39.Al.2H/c1-2-4-6-8-10-12-14-16-18-20-19-17-15-13-11-9-7-5-3-1;;;/h1H,2-20H2;;;. The van der Waals surface area contributed by atoms with Crippen LogP contribution in [0.3, 0.4) is 0 Å². The Morgan fingerprint density at radius 2 is 0.524 bits per heavy atom. The first-order chi connectivity index (χ1) is 10.4. The second kappa shape index (κ2) is 15.4. The molecule has 0 saturated heterocycles. The average Bonchev–Trinajstić information content (AvgIpc) is 2.48. The first-order valence-corrected chi connectivity index (χ1v) is 11.5. The molecule has 0 aliphatic heterocycles. The van der Waals surface area contributed by atoms with E-state index >= 15 is 0 Å². The highest BCUT2D eigenvalue weighted by atomic mass is 27.0. The first-order valence-electron chi connectivity index (χ1n) is 10.4. The third-order valence-corrected chi connectivity index (χ3v) is 6.55. The van der Waals surface area contributed by atoms with Crippen molar-refractivity contribution in [2.45, 2.75) is 127 Å². The summed E-state index contributed by atoms with van der Waals surface area (Å²) in [6, 6.07) is 0. The van der Waals surface area contributed by atoms with Crippen molar-refractivity contribution < 1.29 is 0 Å². The van der Waals surface area contributed by atoms with Crippen LogP contribution in [0.25, 0.3) is 0 Å². The second-order valence-electron chi connectivity index (χ2n) is 7.69. The zero-order valence-corrected chi connectivity index (χ0v) is 17.0. The zero-order chi connectivity index (χ0) is 15.0. The molecule has 1 rings (SSSR count). The molecule has 1 aliphatic rings. The van der Waals surface area contributed by atoms with Gasteiger partial charge in [0.2, 0.25) is 16.3 Å². The molecule has 0 heterocycles. The zero-order valence-electron chi connectivity index (χ0n) is 15.0. The van der Waals surface area contributed by atoms with Crippen molar-refractivity contribution in [1.29, 1.82) is 0 Å². The van der Waals surface area contributed by atoms with Gasteiger partial charge in [0.05, 0.1) is 0 Å². The second-order valence-corrected chi connectivity index (χ2v) is 9.33. The van der Waals surface area contributed by atoms with Gasteiger partial charge < -0.3 is 0 Å². The van der Waals surface area contributed by atoms with E-state index in [1.54, 1.807) is 12.8 Å². The van der Waals surface area contributed by atoms with E-state index in [2.05, 4.69) is 0 Å². The maximum absolute atomic E-state index is 1.55. The predicted molar refractivity (Wildman–Crippen MR) is 100 cm³/mol. The van der Waals surface area contributed by atoms with Gasteiger partial charge in [-0.2, -0.15) is 0 Å². The Hall–Kier alpha value is 0.532. The van der Waals surface area contributed by atoms with Gasteiger partial charge in [-0.3, -0.25) is 0 Å². The van der Waals surface area contributed by atoms with E-state index < -0.39 is 0 Å². The smallest absolute Gasteiger partial charge is 0.0901 e. The Kier molecular flexibility index (Phi) is 14.4. The number of hydrogen-bond acceptors (Lipinski definition) is 0. The maximum atomic E-state index is 1.55. The van der Waals surface area contributed by atoms with Crippen LogP contribution in [0, 0.1) is 0 Å². The number of rotatable bonds is 0. The van der Waals surface area contributed by atoms with Gasteiger partial charge in [0, 0.05) is 0 Å². The summed E-state index contributed by atoms with van der Waals surface area (Å²) in [7, 11) is 0. The molecule has 1 saturated carbocycles. The minimum Gasteiger partial charge on any atom is -0.0901 e. The molecule has 1 heteroatoms. The Labute approximate surface area is 143 Å². The van der Waals surface area contributed by atoms with Crippen molar-refractivity contribution in [2.75, 3.05) is 0 Å². The third kappa shape index (κ3) is 13.9. The quantitative estimate of drug-likeness (QED) is 0.430. The molecule has 0 aromatic rings. The summed E-state index contributed by atoms with van der Waals surface area (Å²) in [5.41, 5.74) is 0. The molecule has 0 unspecified atom stereocenters. The summed E-state index contributed by atoms with van der Waals surface area (Å²) in [5.74, 6) is 0. The molecule has 1 fully saturated rings. The van der Waals surface area contributed by atoms with Crippen LogP contribution in [0.5, 0.6) is 0 Å². The molecule has 0 atom stereocenters. The highest BCUT2D eigenvalue weighted by molar-refractivity contribution is 6.11. The lowest BCUT2D eigenvalue weighted by molar-refractivity contribution is 0.504. The lowest BCUT2D eigenvalue weighted by atomic mass is 10.0. The summed E-state index contributed by atoms with van der Waals surface area (Å²) < 4.78 is 1.12. The summed E-state index contributed by atoms with van der Waals surface area (Å²) in [4.78, 5) is 0. The van der Waals surface area contributed by atoms with Gasteiger partial charge in [-0.1, -0.05) is 127 Å². The molecule has 0 spiro atoms. The highest BCUT2D eigenvalue weighted by Gasteiger charge is 2.02. The minimum absolute atomic E-state index is 1.12. The molecule has 0 nitrogen and oxygen atoms in total. The van der Waals surface area contributed by atoms with Crippen LogP contribution in [0.2, 0.25) is 4.78 Å². The van der Waals surface area contributed by atoms with Gasteiger partial charge in [0.15, 0.2) is 0 Å². The molecular weight excluding hydrogens is 267 g/mol. The van der Waals surface area contributed by atoms with Crippen molar-refractivity contribution in [3.8, 4) is 0 Å². The van der Waals surface area contributed by atoms with E-state index in [1.165, 1.54) is 125 Å². The lowest BCUT2D eigenvalue weighted by Gasteiger charge is -2.11. The molecular formula is C20H41Al. The monoisotopic (exact) mass is 308 g/mol. The van der Waals surface area contributed by atoms with Gasteiger partial charge in [-0.25, -0.2) is 0 Å². The summed E-state index contributed by atoms with van der Waals surface area (Å²) in [6.45, 7) is 0. The Morgan fingerprint density at radius 1 is 0.333 bits per heavy atom. The van der Waals surface area contributed by atoms with Gasteiger partial charge in [-0.05, 0) is 0 Å². The van der Waals surface area contributed by atoms with Gasteiger partial charge in [-0.15, -0.1) is 0 Å². The van der Waals surface area contributed by atoms with E-state index in [0.29, 0.717) is 0 Å². The van der Waals surface area contributed by atoms with Crippen molar-refractivity contribution in [3.05, 3.63) is 0 Å². The largest absolute Gasteiger partial charge is 0.216 e. The van der Waals surface area contributed by atoms with Crippen LogP contribution in [0.15, 0.2) is 0 Å². The molecule has 0 aromatic carbocycles. The van der Waals surface area contributed by atoms with Crippen LogP contribution >= 0.6 is 0 Å². The van der Waals surface area contributed by atoms with Gasteiger partial charge >= 0.3 is 0 Å². The third-order valence-electron chi connectivity index (χ3n) is 5.39. The Morgan fingerprint density at radius 3 is 0.762 bits per heavy atom. The lowest BCUT2D eigenvalue weighted by Crippen LogP contribution is -1.94. The summed E-state index contributed by atoms with van der Waals surface area (Å²) in [5, 5.41) is 0. The molecule has 0 bridgehead atoms. The molecule has 1 aliphatic carbocycles. The van der Waals surface area contributed by atoms with Crippen LogP contribution in [-0.4, -0.2) is 16.3 Å². The molecule has 124 valence electrons. The summed E-state index contributed by atoms with van der Waals surface area (Å²) >= 11 is 1.44. The first kappa shape index (κ1) is 19.6. The van der Waals surface area contributed by atoms with Crippen LogP contribution in [0.1, 0.15) is 122 Å². The molecule has 21 heavy (non-hydrogen) atoms. The predicted octanol–water partition coefficient (Wildman–Crippen LogP) is 6.83. The van der Waals surface area contributed by atoms with Crippen molar-refractivity contribution in [1.82, 2.24) is 0 Å². The van der Waals surface area contributed by atoms with Crippen molar-refractivity contribution in [2.24, 2.45) is 0 Å².